The third-order valence-electron chi connectivity index (χ3n) is 5.00. The van der Waals surface area contributed by atoms with Gasteiger partial charge in [-0.15, -0.1) is 0 Å². The number of rotatable bonds is 5. The molecule has 5 heteroatoms. The van der Waals surface area contributed by atoms with Crippen molar-refractivity contribution in [1.82, 2.24) is 9.80 Å². The Morgan fingerprint density at radius 1 is 0.966 bits per heavy atom. The van der Waals surface area contributed by atoms with Gasteiger partial charge >= 0.3 is 6.09 Å². The maximum absolute atomic E-state index is 13.3. The molecule has 3 rings (SSSR count). The van der Waals surface area contributed by atoms with Crippen LogP contribution in [0.3, 0.4) is 0 Å². The largest absolute Gasteiger partial charge is 0.444 e. The van der Waals surface area contributed by atoms with Crippen molar-refractivity contribution < 1.29 is 14.3 Å². The van der Waals surface area contributed by atoms with Crippen LogP contribution in [0.1, 0.15) is 31.9 Å². The normalized spacial score (nSPS) is 17.3. The Kier molecular flexibility index (Phi) is 6.57. The summed E-state index contributed by atoms with van der Waals surface area (Å²) in [7, 11) is 0. The minimum Gasteiger partial charge on any atom is -0.444 e. The van der Waals surface area contributed by atoms with Gasteiger partial charge in [-0.2, -0.15) is 0 Å². The number of nitrogens with zero attached hydrogens (tertiary/aromatic N) is 2. The Morgan fingerprint density at radius 3 is 2.14 bits per heavy atom. The van der Waals surface area contributed by atoms with Crippen molar-refractivity contribution in [1.29, 1.82) is 0 Å². The molecule has 29 heavy (non-hydrogen) atoms. The zero-order chi connectivity index (χ0) is 20.9. The van der Waals surface area contributed by atoms with E-state index in [1.807, 2.05) is 74.2 Å². The van der Waals surface area contributed by atoms with E-state index < -0.39 is 17.7 Å². The molecule has 2 amide bonds. The standard InChI is InChI=1S/C24H30N2O3/c1-24(2,3)29-23(28)26-17-16-25(15-14-19-10-6-4-7-11-19)22(27)21(26)18-20-12-8-5-9-13-20/h4-13,21H,14-18H2,1-3H3/t21-/m0/s1. The Morgan fingerprint density at radius 2 is 1.55 bits per heavy atom. The maximum atomic E-state index is 13.3. The van der Waals surface area contributed by atoms with Gasteiger partial charge in [-0.25, -0.2) is 4.79 Å². The quantitative estimate of drug-likeness (QED) is 0.772. The lowest BCUT2D eigenvalue weighted by atomic mass is 10.0. The first kappa shape index (κ1) is 20.9. The first-order valence-electron chi connectivity index (χ1n) is 10.2. The minimum atomic E-state index is -0.595. The van der Waals surface area contributed by atoms with Crippen molar-refractivity contribution in [2.75, 3.05) is 19.6 Å². The SMILES string of the molecule is CC(C)(C)OC(=O)N1CCN(CCc2ccccc2)C(=O)[C@@H]1Cc1ccccc1. The molecule has 0 radical (unpaired) electrons. The second kappa shape index (κ2) is 9.12. The van der Waals surface area contributed by atoms with Crippen molar-refractivity contribution in [3.8, 4) is 0 Å². The molecule has 0 spiro atoms. The number of hydrogen-bond acceptors (Lipinski definition) is 3. The van der Waals surface area contributed by atoms with E-state index in [1.54, 1.807) is 4.90 Å². The van der Waals surface area contributed by atoms with Crippen LogP contribution in [0, 0.1) is 0 Å². The molecular weight excluding hydrogens is 364 g/mol. The van der Waals surface area contributed by atoms with E-state index in [9.17, 15) is 9.59 Å². The van der Waals surface area contributed by atoms with Gasteiger partial charge in [0.1, 0.15) is 11.6 Å². The fourth-order valence-electron chi connectivity index (χ4n) is 3.54. The van der Waals surface area contributed by atoms with Gasteiger partial charge in [-0.1, -0.05) is 60.7 Å². The average molecular weight is 395 g/mol. The summed E-state index contributed by atoms with van der Waals surface area (Å²) in [4.78, 5) is 29.6. The molecule has 0 aromatic heterocycles. The summed E-state index contributed by atoms with van der Waals surface area (Å²) in [5, 5.41) is 0. The third kappa shape index (κ3) is 5.83. The molecule has 1 heterocycles. The lowest BCUT2D eigenvalue weighted by Gasteiger charge is -2.41. The van der Waals surface area contributed by atoms with Gasteiger partial charge in [0.2, 0.25) is 5.91 Å². The number of ether oxygens (including phenoxy) is 1. The molecular formula is C24H30N2O3. The molecule has 154 valence electrons. The van der Waals surface area contributed by atoms with Gasteiger partial charge in [0.25, 0.3) is 0 Å². The minimum absolute atomic E-state index is 0.0121. The van der Waals surface area contributed by atoms with Crippen LogP contribution in [0.2, 0.25) is 0 Å². The van der Waals surface area contributed by atoms with Crippen molar-refractivity contribution >= 4 is 12.0 Å². The van der Waals surface area contributed by atoms with Crippen LogP contribution in [0.5, 0.6) is 0 Å². The predicted octanol–water partition coefficient (Wildman–Crippen LogP) is 3.92. The van der Waals surface area contributed by atoms with Crippen LogP contribution in [0.15, 0.2) is 60.7 Å². The number of benzene rings is 2. The van der Waals surface area contributed by atoms with Crippen LogP contribution in [-0.2, 0) is 22.4 Å². The van der Waals surface area contributed by atoms with Gasteiger partial charge in [0.15, 0.2) is 0 Å². The van der Waals surface area contributed by atoms with Crippen molar-refractivity contribution in [2.24, 2.45) is 0 Å². The van der Waals surface area contributed by atoms with E-state index in [0.717, 1.165) is 12.0 Å². The van der Waals surface area contributed by atoms with Crippen LogP contribution in [0.4, 0.5) is 4.79 Å². The summed E-state index contributed by atoms with van der Waals surface area (Å²) in [6.45, 7) is 7.18. The monoisotopic (exact) mass is 394 g/mol. The van der Waals surface area contributed by atoms with E-state index in [-0.39, 0.29) is 5.91 Å². The van der Waals surface area contributed by atoms with E-state index in [0.29, 0.717) is 26.1 Å². The first-order chi connectivity index (χ1) is 13.8. The molecule has 0 aliphatic carbocycles. The highest BCUT2D eigenvalue weighted by Crippen LogP contribution is 2.20. The third-order valence-corrected chi connectivity index (χ3v) is 5.00. The smallest absolute Gasteiger partial charge is 0.411 e. The van der Waals surface area contributed by atoms with Gasteiger partial charge in [-0.05, 0) is 38.3 Å². The highest BCUT2D eigenvalue weighted by molar-refractivity contribution is 5.87. The highest BCUT2D eigenvalue weighted by atomic mass is 16.6. The molecule has 0 bridgehead atoms. The van der Waals surface area contributed by atoms with Gasteiger partial charge < -0.3 is 9.64 Å². The van der Waals surface area contributed by atoms with E-state index in [1.165, 1.54) is 5.56 Å². The Hall–Kier alpha value is -2.82. The number of carbonyl (C=O) groups is 2. The zero-order valence-electron chi connectivity index (χ0n) is 17.5. The maximum Gasteiger partial charge on any atom is 0.411 e. The van der Waals surface area contributed by atoms with Gasteiger partial charge in [0.05, 0.1) is 0 Å². The lowest BCUT2D eigenvalue weighted by molar-refractivity contribution is -0.141. The second-order valence-electron chi connectivity index (χ2n) is 8.44. The fraction of sp³-hybridized carbons (Fsp3) is 0.417. The van der Waals surface area contributed by atoms with Crippen LogP contribution < -0.4 is 0 Å². The number of amides is 2. The molecule has 1 atom stereocenters. The van der Waals surface area contributed by atoms with Crippen LogP contribution in [0.25, 0.3) is 0 Å². The predicted molar refractivity (Wildman–Crippen MR) is 114 cm³/mol. The van der Waals surface area contributed by atoms with Crippen molar-refractivity contribution in [3.63, 3.8) is 0 Å². The first-order valence-corrected chi connectivity index (χ1v) is 10.2. The number of carbonyl (C=O) groups excluding carboxylic acids is 2. The summed E-state index contributed by atoms with van der Waals surface area (Å²) >= 11 is 0. The Labute approximate surface area is 173 Å². The number of hydrogen-bond donors (Lipinski definition) is 0. The summed E-state index contributed by atoms with van der Waals surface area (Å²) in [5.74, 6) is -0.0121. The number of piperazine rings is 1. The summed E-state index contributed by atoms with van der Waals surface area (Å²) in [5.41, 5.74) is 1.64. The molecule has 0 unspecified atom stereocenters. The van der Waals surface area contributed by atoms with E-state index in [2.05, 4.69) is 12.1 Å². The summed E-state index contributed by atoms with van der Waals surface area (Å²) in [6.07, 6.45) is 0.868. The molecule has 5 nitrogen and oxygen atoms in total. The molecule has 2 aromatic carbocycles. The molecule has 0 saturated carbocycles. The second-order valence-corrected chi connectivity index (χ2v) is 8.44. The van der Waals surface area contributed by atoms with E-state index >= 15 is 0 Å². The molecule has 2 aromatic rings. The van der Waals surface area contributed by atoms with Crippen molar-refractivity contribution in [3.05, 3.63) is 71.8 Å². The average Bonchev–Trinajstić information content (AvgIpc) is 2.69. The fourth-order valence-corrected chi connectivity index (χ4v) is 3.54. The molecule has 0 N–H and O–H groups in total. The zero-order valence-corrected chi connectivity index (χ0v) is 17.5. The van der Waals surface area contributed by atoms with E-state index in [4.69, 9.17) is 4.74 Å². The van der Waals surface area contributed by atoms with Gasteiger partial charge in [-0.3, -0.25) is 9.69 Å². The van der Waals surface area contributed by atoms with Gasteiger partial charge in [0, 0.05) is 26.1 Å². The topological polar surface area (TPSA) is 49.9 Å². The molecule has 1 fully saturated rings. The summed E-state index contributed by atoms with van der Waals surface area (Å²) < 4.78 is 5.57. The van der Waals surface area contributed by atoms with Crippen LogP contribution >= 0.6 is 0 Å². The molecule has 1 saturated heterocycles. The Bertz CT molecular complexity index is 815. The summed E-state index contributed by atoms with van der Waals surface area (Å²) in [6, 6.07) is 19.4. The van der Waals surface area contributed by atoms with Crippen molar-refractivity contribution in [2.45, 2.75) is 45.3 Å². The molecule has 1 aliphatic heterocycles. The lowest BCUT2D eigenvalue weighted by Crippen LogP contribution is -2.60. The highest BCUT2D eigenvalue weighted by Gasteiger charge is 2.39. The van der Waals surface area contributed by atoms with Crippen LogP contribution in [-0.4, -0.2) is 53.1 Å². The Balaban J connectivity index is 1.74. The molecule has 1 aliphatic rings.